The minimum atomic E-state index is -3.88. The number of sulfonamides is 1. The molecule has 2 rings (SSSR count). The molecular weight excluding hydrogens is 250 g/mol. The van der Waals surface area contributed by atoms with Gasteiger partial charge in [0.2, 0.25) is 10.0 Å². The van der Waals surface area contributed by atoms with Crippen LogP contribution in [-0.4, -0.2) is 14.2 Å². The van der Waals surface area contributed by atoms with E-state index in [-0.39, 0.29) is 21.6 Å². The Bertz CT molecular complexity index is 580. The van der Waals surface area contributed by atoms with Gasteiger partial charge < -0.3 is 0 Å². The summed E-state index contributed by atoms with van der Waals surface area (Å²) >= 11 is 5.82. The van der Waals surface area contributed by atoms with Crippen molar-refractivity contribution < 1.29 is 13.2 Å². The van der Waals surface area contributed by atoms with Crippen molar-refractivity contribution in [3.63, 3.8) is 0 Å². The Labute approximate surface area is 98.5 Å². The molecule has 0 aliphatic heterocycles. The number of benzene rings is 1. The Hall–Kier alpha value is -0.910. The molecule has 0 fully saturated rings. The van der Waals surface area contributed by atoms with E-state index in [2.05, 4.69) is 0 Å². The quantitative estimate of drug-likeness (QED) is 0.827. The topological polar surface area (TPSA) is 77.2 Å². The van der Waals surface area contributed by atoms with Crippen LogP contribution in [0.2, 0.25) is 5.02 Å². The second-order valence-corrected chi connectivity index (χ2v) is 5.89. The third kappa shape index (κ3) is 1.75. The van der Waals surface area contributed by atoms with Crippen molar-refractivity contribution in [1.29, 1.82) is 0 Å². The summed E-state index contributed by atoms with van der Waals surface area (Å²) in [4.78, 5) is 11.5. The lowest BCUT2D eigenvalue weighted by molar-refractivity contribution is 0.0946. The molecule has 0 spiro atoms. The Morgan fingerprint density at radius 3 is 2.62 bits per heavy atom. The van der Waals surface area contributed by atoms with Crippen LogP contribution in [0.4, 0.5) is 0 Å². The Balaban J connectivity index is 2.68. The SMILES string of the molecule is CC1Cc2cc(Cl)c(S(N)(=O)=O)cc2C1=O. The summed E-state index contributed by atoms with van der Waals surface area (Å²) in [6, 6.07) is 2.79. The van der Waals surface area contributed by atoms with Gasteiger partial charge in [-0.1, -0.05) is 18.5 Å². The first-order valence-corrected chi connectivity index (χ1v) is 6.62. The van der Waals surface area contributed by atoms with Crippen molar-refractivity contribution in [1.82, 2.24) is 0 Å². The van der Waals surface area contributed by atoms with E-state index in [0.29, 0.717) is 12.0 Å². The predicted octanol–water partition coefficient (Wildman–Crippen LogP) is 1.36. The second-order valence-electron chi connectivity index (χ2n) is 3.95. The molecular formula is C10H10ClNO3S. The van der Waals surface area contributed by atoms with Crippen LogP contribution in [0.15, 0.2) is 17.0 Å². The number of nitrogens with two attached hydrogens (primary N) is 1. The maximum atomic E-state index is 11.7. The minimum Gasteiger partial charge on any atom is -0.294 e. The van der Waals surface area contributed by atoms with Crippen molar-refractivity contribution in [3.05, 3.63) is 28.3 Å². The van der Waals surface area contributed by atoms with Crippen molar-refractivity contribution in [3.8, 4) is 0 Å². The summed E-state index contributed by atoms with van der Waals surface area (Å²) in [5.41, 5.74) is 1.20. The number of hydrogen-bond acceptors (Lipinski definition) is 3. The molecule has 2 N–H and O–H groups in total. The van der Waals surface area contributed by atoms with Crippen LogP contribution >= 0.6 is 11.6 Å². The van der Waals surface area contributed by atoms with Crippen LogP contribution in [0.1, 0.15) is 22.8 Å². The Morgan fingerprint density at radius 2 is 2.06 bits per heavy atom. The average Bonchev–Trinajstić information content (AvgIpc) is 2.39. The van der Waals surface area contributed by atoms with E-state index < -0.39 is 10.0 Å². The number of carbonyl (C=O) groups is 1. The van der Waals surface area contributed by atoms with E-state index in [1.807, 2.05) is 0 Å². The van der Waals surface area contributed by atoms with E-state index in [0.717, 1.165) is 5.56 Å². The van der Waals surface area contributed by atoms with Gasteiger partial charge in [-0.15, -0.1) is 0 Å². The molecule has 0 saturated carbocycles. The molecule has 1 aliphatic carbocycles. The fourth-order valence-electron chi connectivity index (χ4n) is 1.90. The molecule has 16 heavy (non-hydrogen) atoms. The molecule has 1 aromatic carbocycles. The summed E-state index contributed by atoms with van der Waals surface area (Å²) in [6.07, 6.45) is 0.596. The monoisotopic (exact) mass is 259 g/mol. The van der Waals surface area contributed by atoms with Crippen molar-refractivity contribution in [2.75, 3.05) is 0 Å². The van der Waals surface area contributed by atoms with Gasteiger partial charge in [0.05, 0.1) is 5.02 Å². The smallest absolute Gasteiger partial charge is 0.239 e. The first-order valence-electron chi connectivity index (χ1n) is 4.70. The summed E-state index contributed by atoms with van der Waals surface area (Å²) < 4.78 is 22.4. The van der Waals surface area contributed by atoms with Crippen molar-refractivity contribution >= 4 is 27.4 Å². The summed E-state index contributed by atoms with van der Waals surface area (Å²) in [5.74, 6) is -0.182. The fraction of sp³-hybridized carbons (Fsp3) is 0.300. The third-order valence-electron chi connectivity index (χ3n) is 2.70. The van der Waals surface area contributed by atoms with Crippen LogP contribution in [0, 0.1) is 5.92 Å². The number of fused-ring (bicyclic) bond motifs is 1. The molecule has 0 amide bonds. The number of hydrogen-bond donors (Lipinski definition) is 1. The third-order valence-corrected chi connectivity index (χ3v) is 4.08. The molecule has 1 aromatic rings. The van der Waals surface area contributed by atoms with Gasteiger partial charge in [0, 0.05) is 11.5 Å². The predicted molar refractivity (Wildman–Crippen MR) is 60.0 cm³/mol. The van der Waals surface area contributed by atoms with Crippen LogP contribution in [0.3, 0.4) is 0 Å². The zero-order chi connectivity index (χ0) is 12.1. The van der Waals surface area contributed by atoms with Crippen molar-refractivity contribution in [2.24, 2.45) is 11.1 Å². The Kier molecular flexibility index (Phi) is 2.57. The second kappa shape index (κ2) is 3.55. The van der Waals surface area contributed by atoms with E-state index in [1.165, 1.54) is 12.1 Å². The van der Waals surface area contributed by atoms with E-state index in [9.17, 15) is 13.2 Å². The molecule has 0 bridgehead atoms. The first-order chi connectivity index (χ1) is 7.30. The zero-order valence-electron chi connectivity index (χ0n) is 8.53. The maximum Gasteiger partial charge on any atom is 0.239 e. The summed E-state index contributed by atoms with van der Waals surface area (Å²) in [6.45, 7) is 1.80. The molecule has 1 unspecified atom stereocenters. The highest BCUT2D eigenvalue weighted by Gasteiger charge is 2.29. The van der Waals surface area contributed by atoms with Gasteiger partial charge in [0.1, 0.15) is 4.90 Å². The molecule has 1 aliphatic rings. The number of Topliss-reactive ketones (excluding diaryl/α,β-unsaturated/α-hetero) is 1. The van der Waals surface area contributed by atoms with Crippen LogP contribution in [0.5, 0.6) is 0 Å². The first kappa shape index (κ1) is 11.6. The summed E-state index contributed by atoms with van der Waals surface area (Å²) in [5, 5.41) is 5.08. The van der Waals surface area contributed by atoms with Crippen LogP contribution in [-0.2, 0) is 16.4 Å². The average molecular weight is 260 g/mol. The highest BCUT2D eigenvalue weighted by atomic mass is 35.5. The Morgan fingerprint density at radius 1 is 1.44 bits per heavy atom. The molecule has 0 radical (unpaired) electrons. The highest BCUT2D eigenvalue weighted by Crippen LogP contribution is 2.32. The van der Waals surface area contributed by atoms with Gasteiger partial charge in [-0.05, 0) is 24.1 Å². The lowest BCUT2D eigenvalue weighted by atomic mass is 10.1. The molecule has 0 saturated heterocycles. The molecule has 0 heterocycles. The number of carbonyl (C=O) groups excluding carboxylic acids is 1. The minimum absolute atomic E-state index is 0.0587. The fourth-order valence-corrected chi connectivity index (χ4v) is 3.02. The van der Waals surface area contributed by atoms with Gasteiger partial charge in [-0.25, -0.2) is 13.6 Å². The molecule has 0 aromatic heterocycles. The zero-order valence-corrected chi connectivity index (χ0v) is 10.1. The lowest BCUT2D eigenvalue weighted by Gasteiger charge is -2.04. The standard InChI is InChI=1S/C10H10ClNO3S/c1-5-2-6-3-8(11)9(16(12,14)15)4-7(6)10(5)13/h3-5H,2H2,1H3,(H2,12,14,15). The number of primary sulfonamides is 1. The van der Waals surface area contributed by atoms with Crippen LogP contribution < -0.4 is 5.14 Å². The van der Waals surface area contributed by atoms with Gasteiger partial charge in [0.25, 0.3) is 0 Å². The lowest BCUT2D eigenvalue weighted by Crippen LogP contribution is -2.13. The van der Waals surface area contributed by atoms with E-state index in [1.54, 1.807) is 6.92 Å². The molecule has 1 atom stereocenters. The molecule has 4 nitrogen and oxygen atoms in total. The summed E-state index contributed by atoms with van der Waals surface area (Å²) in [7, 11) is -3.88. The van der Waals surface area contributed by atoms with Gasteiger partial charge >= 0.3 is 0 Å². The number of halogens is 1. The molecule has 6 heteroatoms. The number of rotatable bonds is 1. The normalized spacial score (nSPS) is 19.9. The van der Waals surface area contributed by atoms with Gasteiger partial charge in [-0.2, -0.15) is 0 Å². The van der Waals surface area contributed by atoms with Crippen molar-refractivity contribution in [2.45, 2.75) is 18.2 Å². The maximum absolute atomic E-state index is 11.7. The van der Waals surface area contributed by atoms with Gasteiger partial charge in [-0.3, -0.25) is 4.79 Å². The van der Waals surface area contributed by atoms with Crippen LogP contribution in [0.25, 0.3) is 0 Å². The van der Waals surface area contributed by atoms with E-state index in [4.69, 9.17) is 16.7 Å². The van der Waals surface area contributed by atoms with Gasteiger partial charge in [0.15, 0.2) is 5.78 Å². The number of ketones is 1. The highest BCUT2D eigenvalue weighted by molar-refractivity contribution is 7.89. The van der Waals surface area contributed by atoms with E-state index >= 15 is 0 Å². The largest absolute Gasteiger partial charge is 0.294 e. The molecule has 86 valence electrons.